The SMILES string of the molecule is COc1nc(C)c(NS(=O)(=O)c2cc(F)cc(F)c2)c(C)n1. The molecule has 0 saturated carbocycles. The van der Waals surface area contributed by atoms with E-state index in [1.54, 1.807) is 13.8 Å². The van der Waals surface area contributed by atoms with Crippen LogP contribution in [0.4, 0.5) is 14.5 Å². The monoisotopic (exact) mass is 329 g/mol. The Kier molecular flexibility index (Phi) is 4.27. The number of methoxy groups -OCH3 is 1. The highest BCUT2D eigenvalue weighted by atomic mass is 32.2. The minimum Gasteiger partial charge on any atom is -0.467 e. The number of aryl methyl sites for hydroxylation is 2. The third-order valence-corrected chi connectivity index (χ3v) is 4.14. The standard InChI is InChI=1S/C13H13F2N3O3S/c1-7-12(8(2)17-13(16-7)21-3)18-22(19,20)11-5-9(14)4-10(15)6-11/h4-6,18H,1-3H3. The zero-order valence-electron chi connectivity index (χ0n) is 12.0. The van der Waals surface area contributed by atoms with Crippen LogP contribution in [-0.4, -0.2) is 25.5 Å². The Bertz CT molecular complexity index is 782. The molecule has 0 bridgehead atoms. The lowest BCUT2D eigenvalue weighted by atomic mass is 10.3. The number of halogens is 2. The number of hydrogen-bond donors (Lipinski definition) is 1. The maximum atomic E-state index is 13.2. The van der Waals surface area contributed by atoms with Crippen molar-refractivity contribution in [2.45, 2.75) is 18.7 Å². The van der Waals surface area contributed by atoms with Gasteiger partial charge >= 0.3 is 6.01 Å². The smallest absolute Gasteiger partial charge is 0.316 e. The van der Waals surface area contributed by atoms with Gasteiger partial charge in [0.15, 0.2) is 0 Å². The molecule has 0 fully saturated rings. The van der Waals surface area contributed by atoms with E-state index in [2.05, 4.69) is 14.7 Å². The molecule has 0 amide bonds. The van der Waals surface area contributed by atoms with Gasteiger partial charge in [-0.05, 0) is 26.0 Å². The molecule has 0 unspecified atom stereocenters. The number of rotatable bonds is 4. The molecule has 0 spiro atoms. The lowest BCUT2D eigenvalue weighted by Crippen LogP contribution is -2.16. The molecule has 9 heteroatoms. The van der Waals surface area contributed by atoms with E-state index in [4.69, 9.17) is 4.74 Å². The van der Waals surface area contributed by atoms with Gasteiger partial charge in [0.1, 0.15) is 11.6 Å². The number of benzene rings is 1. The number of aromatic nitrogens is 2. The molecule has 22 heavy (non-hydrogen) atoms. The topological polar surface area (TPSA) is 81.2 Å². The van der Waals surface area contributed by atoms with Crippen molar-refractivity contribution in [3.8, 4) is 6.01 Å². The van der Waals surface area contributed by atoms with Crippen molar-refractivity contribution in [1.82, 2.24) is 9.97 Å². The minimum absolute atomic E-state index is 0.0924. The van der Waals surface area contributed by atoms with Crippen LogP contribution in [0.15, 0.2) is 23.1 Å². The fourth-order valence-electron chi connectivity index (χ4n) is 1.80. The second kappa shape index (κ2) is 5.84. The summed E-state index contributed by atoms with van der Waals surface area (Å²) in [6, 6.07) is 2.13. The Hall–Kier alpha value is -2.29. The van der Waals surface area contributed by atoms with E-state index in [1.165, 1.54) is 7.11 Å². The molecule has 2 rings (SSSR count). The Morgan fingerprint density at radius 2 is 1.55 bits per heavy atom. The van der Waals surface area contributed by atoms with Crippen LogP contribution in [0.3, 0.4) is 0 Å². The molecule has 0 aliphatic carbocycles. The lowest BCUT2D eigenvalue weighted by Gasteiger charge is -2.13. The molecule has 118 valence electrons. The number of hydrogen-bond acceptors (Lipinski definition) is 5. The molecule has 1 aromatic carbocycles. The number of ether oxygens (including phenoxy) is 1. The number of sulfonamides is 1. The van der Waals surface area contributed by atoms with Crippen LogP contribution in [-0.2, 0) is 10.0 Å². The van der Waals surface area contributed by atoms with E-state index in [0.29, 0.717) is 17.5 Å². The summed E-state index contributed by atoms with van der Waals surface area (Å²) in [4.78, 5) is 7.39. The second-order valence-electron chi connectivity index (χ2n) is 4.47. The Labute approximate surface area is 126 Å². The molecule has 0 radical (unpaired) electrons. The van der Waals surface area contributed by atoms with Crippen LogP contribution in [0, 0.1) is 25.5 Å². The summed E-state index contributed by atoms with van der Waals surface area (Å²) in [5.41, 5.74) is 0.778. The van der Waals surface area contributed by atoms with Gasteiger partial charge in [-0.2, -0.15) is 9.97 Å². The lowest BCUT2D eigenvalue weighted by molar-refractivity contribution is 0.378. The Balaban J connectivity index is 2.45. The summed E-state index contributed by atoms with van der Waals surface area (Å²) in [5, 5.41) is 0. The molecule has 1 N–H and O–H groups in total. The van der Waals surface area contributed by atoms with Gasteiger partial charge in [0.25, 0.3) is 10.0 Å². The van der Waals surface area contributed by atoms with Gasteiger partial charge in [0.2, 0.25) is 0 Å². The molecule has 0 aliphatic heterocycles. The molecule has 1 heterocycles. The van der Waals surface area contributed by atoms with E-state index in [-0.39, 0.29) is 11.7 Å². The average Bonchev–Trinajstić information content (AvgIpc) is 2.41. The largest absolute Gasteiger partial charge is 0.467 e. The van der Waals surface area contributed by atoms with Gasteiger partial charge in [-0.15, -0.1) is 0 Å². The zero-order valence-corrected chi connectivity index (χ0v) is 12.8. The fraction of sp³-hybridized carbons (Fsp3) is 0.231. The van der Waals surface area contributed by atoms with Crippen LogP contribution in [0.2, 0.25) is 0 Å². The highest BCUT2D eigenvalue weighted by Gasteiger charge is 2.20. The highest BCUT2D eigenvalue weighted by molar-refractivity contribution is 7.92. The third kappa shape index (κ3) is 3.30. The van der Waals surface area contributed by atoms with Crippen molar-refractivity contribution >= 4 is 15.7 Å². The summed E-state index contributed by atoms with van der Waals surface area (Å²) in [7, 11) is -2.79. The van der Waals surface area contributed by atoms with Crippen LogP contribution < -0.4 is 9.46 Å². The van der Waals surface area contributed by atoms with E-state index < -0.39 is 26.6 Å². The molecule has 0 atom stereocenters. The fourth-order valence-corrected chi connectivity index (χ4v) is 3.02. The summed E-state index contributed by atoms with van der Waals surface area (Å²) >= 11 is 0. The number of nitrogens with zero attached hydrogens (tertiary/aromatic N) is 2. The molecule has 1 aromatic heterocycles. The first-order valence-electron chi connectivity index (χ1n) is 6.11. The summed E-state index contributed by atoms with van der Waals surface area (Å²) in [5.74, 6) is -1.97. The van der Waals surface area contributed by atoms with Gasteiger partial charge in [0, 0.05) is 6.07 Å². The summed E-state index contributed by atoms with van der Waals surface area (Å²) in [6.07, 6.45) is 0. The van der Waals surface area contributed by atoms with Crippen LogP contribution in [0.25, 0.3) is 0 Å². The van der Waals surface area contributed by atoms with Gasteiger partial charge in [0.05, 0.1) is 29.1 Å². The van der Waals surface area contributed by atoms with E-state index >= 15 is 0 Å². The Morgan fingerprint density at radius 1 is 1.05 bits per heavy atom. The third-order valence-electron chi connectivity index (χ3n) is 2.82. The maximum Gasteiger partial charge on any atom is 0.316 e. The van der Waals surface area contributed by atoms with Crippen molar-refractivity contribution in [3.63, 3.8) is 0 Å². The molecular formula is C13H13F2N3O3S. The van der Waals surface area contributed by atoms with Crippen LogP contribution in [0.5, 0.6) is 6.01 Å². The normalized spacial score (nSPS) is 11.3. The maximum absolute atomic E-state index is 13.2. The van der Waals surface area contributed by atoms with Crippen molar-refractivity contribution < 1.29 is 21.9 Å². The Morgan fingerprint density at radius 3 is 2.00 bits per heavy atom. The predicted molar refractivity (Wildman–Crippen MR) is 75.2 cm³/mol. The first-order valence-corrected chi connectivity index (χ1v) is 7.59. The van der Waals surface area contributed by atoms with E-state index in [1.807, 2.05) is 0 Å². The van der Waals surface area contributed by atoms with Gasteiger partial charge in [-0.3, -0.25) is 4.72 Å². The number of anilines is 1. The quantitative estimate of drug-likeness (QED) is 0.930. The summed E-state index contributed by atoms with van der Waals surface area (Å²) < 4.78 is 57.9. The molecule has 0 aliphatic rings. The van der Waals surface area contributed by atoms with Crippen molar-refractivity contribution in [1.29, 1.82) is 0 Å². The second-order valence-corrected chi connectivity index (χ2v) is 6.15. The first-order chi connectivity index (χ1) is 10.2. The predicted octanol–water partition coefficient (Wildman–Crippen LogP) is 2.18. The average molecular weight is 329 g/mol. The highest BCUT2D eigenvalue weighted by Crippen LogP contribution is 2.23. The van der Waals surface area contributed by atoms with Gasteiger partial charge in [-0.1, -0.05) is 0 Å². The summed E-state index contributed by atoms with van der Waals surface area (Å²) in [6.45, 7) is 3.11. The van der Waals surface area contributed by atoms with Crippen molar-refractivity contribution in [2.75, 3.05) is 11.8 Å². The first kappa shape index (κ1) is 16.1. The van der Waals surface area contributed by atoms with Crippen LogP contribution in [0.1, 0.15) is 11.4 Å². The van der Waals surface area contributed by atoms with Gasteiger partial charge in [-0.25, -0.2) is 17.2 Å². The number of nitrogens with one attached hydrogen (secondary N) is 1. The van der Waals surface area contributed by atoms with E-state index in [9.17, 15) is 17.2 Å². The zero-order chi connectivity index (χ0) is 16.5. The van der Waals surface area contributed by atoms with Crippen molar-refractivity contribution in [3.05, 3.63) is 41.2 Å². The molecule has 0 saturated heterocycles. The minimum atomic E-state index is -4.17. The van der Waals surface area contributed by atoms with Crippen LogP contribution >= 0.6 is 0 Å². The van der Waals surface area contributed by atoms with Gasteiger partial charge < -0.3 is 4.74 Å². The molecule has 2 aromatic rings. The molecular weight excluding hydrogens is 316 g/mol. The van der Waals surface area contributed by atoms with Crippen molar-refractivity contribution in [2.24, 2.45) is 0 Å². The van der Waals surface area contributed by atoms with E-state index in [0.717, 1.165) is 12.1 Å². The molecule has 6 nitrogen and oxygen atoms in total.